The van der Waals surface area contributed by atoms with Crippen molar-refractivity contribution < 1.29 is 9.15 Å². The Balaban J connectivity index is 1.52. The average Bonchev–Trinajstić information content (AvgIpc) is 3.26. The highest BCUT2D eigenvalue weighted by Gasteiger charge is 2.25. The quantitative estimate of drug-likeness (QED) is 0.696. The third kappa shape index (κ3) is 5.40. The molecule has 0 bridgehead atoms. The molecule has 0 radical (unpaired) electrons. The smallest absolute Gasteiger partial charge is 0.232 e. The molecule has 2 aromatic rings. The minimum atomic E-state index is 0.469. The maximum absolute atomic E-state index is 5.51. The first-order valence-electron chi connectivity index (χ1n) is 10.6. The maximum atomic E-state index is 5.51. The highest BCUT2D eigenvalue weighted by atomic mass is 32.1. The molecule has 4 rings (SSSR count). The summed E-state index contributed by atoms with van der Waals surface area (Å²) in [6.45, 7) is 10.2. The van der Waals surface area contributed by atoms with Crippen LogP contribution in [0.1, 0.15) is 26.0 Å². The van der Waals surface area contributed by atoms with Crippen molar-refractivity contribution in [3.05, 3.63) is 30.2 Å². The van der Waals surface area contributed by atoms with Gasteiger partial charge in [-0.3, -0.25) is 0 Å². The fourth-order valence-electron chi connectivity index (χ4n) is 4.17. The van der Waals surface area contributed by atoms with Crippen LogP contribution >= 0.6 is 12.2 Å². The molecule has 2 saturated heterocycles. The van der Waals surface area contributed by atoms with Gasteiger partial charge in [0.05, 0.1) is 26.0 Å². The van der Waals surface area contributed by atoms with Gasteiger partial charge in [0.15, 0.2) is 5.11 Å². The summed E-state index contributed by atoms with van der Waals surface area (Å²) >= 11 is 5.45. The molecular weight excluding hydrogens is 400 g/mol. The lowest BCUT2D eigenvalue weighted by molar-refractivity contribution is 0.122. The molecule has 2 N–H and O–H groups in total. The van der Waals surface area contributed by atoms with Gasteiger partial charge in [-0.15, -0.1) is 0 Å². The second-order valence-corrected chi connectivity index (χ2v) is 8.65. The molecule has 2 fully saturated rings. The van der Waals surface area contributed by atoms with Crippen molar-refractivity contribution in [2.45, 2.75) is 26.8 Å². The lowest BCUT2D eigenvalue weighted by atomic mass is 9.92. The van der Waals surface area contributed by atoms with E-state index in [0.717, 1.165) is 43.6 Å². The van der Waals surface area contributed by atoms with Crippen molar-refractivity contribution in [1.82, 2.24) is 15.3 Å². The monoisotopic (exact) mass is 430 g/mol. The summed E-state index contributed by atoms with van der Waals surface area (Å²) in [6, 6.07) is 5.86. The molecule has 4 heterocycles. The molecule has 9 heteroatoms. The van der Waals surface area contributed by atoms with Crippen molar-refractivity contribution in [2.75, 3.05) is 54.5 Å². The van der Waals surface area contributed by atoms with E-state index in [9.17, 15) is 0 Å². The molecule has 0 saturated carbocycles. The van der Waals surface area contributed by atoms with Gasteiger partial charge in [-0.2, -0.15) is 9.97 Å². The van der Waals surface area contributed by atoms with Crippen LogP contribution in [0.4, 0.5) is 17.6 Å². The number of hydrogen-bond acceptors (Lipinski definition) is 7. The number of nitrogens with one attached hydrogen (secondary N) is 2. The number of morpholine rings is 1. The Morgan fingerprint density at radius 1 is 1.13 bits per heavy atom. The highest BCUT2D eigenvalue weighted by Crippen LogP contribution is 2.28. The second-order valence-electron chi connectivity index (χ2n) is 8.25. The molecule has 2 aliphatic heterocycles. The number of aromatic nitrogens is 2. The van der Waals surface area contributed by atoms with Crippen LogP contribution in [-0.4, -0.2) is 54.5 Å². The van der Waals surface area contributed by atoms with Gasteiger partial charge in [0.1, 0.15) is 17.4 Å². The van der Waals surface area contributed by atoms with Crippen LogP contribution in [0.25, 0.3) is 0 Å². The van der Waals surface area contributed by atoms with E-state index in [4.69, 9.17) is 31.3 Å². The van der Waals surface area contributed by atoms with Crippen LogP contribution in [0.15, 0.2) is 28.9 Å². The number of piperidine rings is 1. The summed E-state index contributed by atoms with van der Waals surface area (Å²) < 4.78 is 10.9. The first-order valence-corrected chi connectivity index (χ1v) is 11.0. The summed E-state index contributed by atoms with van der Waals surface area (Å²) in [4.78, 5) is 14.2. The second kappa shape index (κ2) is 9.61. The molecule has 0 aliphatic carbocycles. The average molecular weight is 431 g/mol. The van der Waals surface area contributed by atoms with Crippen molar-refractivity contribution in [3.63, 3.8) is 0 Å². The van der Waals surface area contributed by atoms with E-state index in [1.54, 1.807) is 6.26 Å². The number of furan rings is 1. The van der Waals surface area contributed by atoms with Gasteiger partial charge in [-0.05, 0) is 42.6 Å². The topological polar surface area (TPSA) is 78.7 Å². The van der Waals surface area contributed by atoms with Crippen LogP contribution in [-0.2, 0) is 11.3 Å². The lowest BCUT2D eigenvalue weighted by Crippen LogP contribution is -2.40. The number of rotatable bonds is 5. The summed E-state index contributed by atoms with van der Waals surface area (Å²) in [6.07, 6.45) is 2.90. The van der Waals surface area contributed by atoms with Gasteiger partial charge in [0.25, 0.3) is 0 Å². The fraction of sp³-hybridized carbons (Fsp3) is 0.571. The third-order valence-electron chi connectivity index (χ3n) is 5.46. The first-order chi connectivity index (χ1) is 14.6. The van der Waals surface area contributed by atoms with Crippen molar-refractivity contribution in [2.24, 2.45) is 11.8 Å². The van der Waals surface area contributed by atoms with E-state index in [0.29, 0.717) is 42.7 Å². The fourth-order valence-corrected chi connectivity index (χ4v) is 4.33. The molecule has 30 heavy (non-hydrogen) atoms. The Bertz CT molecular complexity index is 830. The predicted octanol–water partition coefficient (Wildman–Crippen LogP) is 2.88. The predicted molar refractivity (Wildman–Crippen MR) is 122 cm³/mol. The molecule has 162 valence electrons. The Kier molecular flexibility index (Phi) is 6.69. The number of ether oxygens (including phenoxy) is 1. The number of hydrogen-bond donors (Lipinski definition) is 2. The SMILES string of the molecule is C[C@H]1C[C@H](C)CN(c2cc(N3CCOCC3)nc(NC(=S)NCc3ccco3)n2)C1. The van der Waals surface area contributed by atoms with Crippen LogP contribution < -0.4 is 20.4 Å². The maximum Gasteiger partial charge on any atom is 0.232 e. The van der Waals surface area contributed by atoms with E-state index >= 15 is 0 Å². The third-order valence-corrected chi connectivity index (χ3v) is 5.70. The van der Waals surface area contributed by atoms with Crippen LogP contribution in [0, 0.1) is 11.8 Å². The van der Waals surface area contributed by atoms with Crippen LogP contribution in [0.2, 0.25) is 0 Å². The number of anilines is 3. The van der Waals surface area contributed by atoms with Gasteiger partial charge in [0, 0.05) is 32.2 Å². The standard InChI is InChI=1S/C21H30N6O2S/c1-15-10-16(2)14-27(13-15)19-11-18(26-5-8-28-9-6-26)23-20(24-19)25-21(30)22-12-17-4-3-7-29-17/h3-4,7,11,15-16H,5-6,8-10,12-14H2,1-2H3,(H2,22,23,24,25,30)/t15-,16-/m0/s1. The van der Waals surface area contributed by atoms with Gasteiger partial charge in [-0.25, -0.2) is 0 Å². The summed E-state index contributed by atoms with van der Waals surface area (Å²) in [5.41, 5.74) is 0. The van der Waals surface area contributed by atoms with Crippen molar-refractivity contribution in [3.8, 4) is 0 Å². The molecule has 0 aromatic carbocycles. The molecule has 8 nitrogen and oxygen atoms in total. The van der Waals surface area contributed by atoms with E-state index in [1.165, 1.54) is 6.42 Å². The van der Waals surface area contributed by atoms with Gasteiger partial charge in [-0.1, -0.05) is 13.8 Å². The largest absolute Gasteiger partial charge is 0.467 e. The molecule has 2 aliphatic rings. The van der Waals surface area contributed by atoms with Crippen LogP contribution in [0.5, 0.6) is 0 Å². The summed E-state index contributed by atoms with van der Waals surface area (Å²) in [7, 11) is 0. The number of nitrogens with zero attached hydrogens (tertiary/aromatic N) is 4. The first kappa shape index (κ1) is 20.9. The van der Waals surface area contributed by atoms with E-state index in [1.807, 2.05) is 12.1 Å². The van der Waals surface area contributed by atoms with Gasteiger partial charge in [0.2, 0.25) is 5.95 Å². The Labute approximate surface area is 183 Å². The summed E-state index contributed by atoms with van der Waals surface area (Å²) in [5.74, 6) is 4.47. The summed E-state index contributed by atoms with van der Waals surface area (Å²) in [5, 5.41) is 6.77. The minimum absolute atomic E-state index is 0.469. The van der Waals surface area contributed by atoms with E-state index < -0.39 is 0 Å². The molecule has 2 aromatic heterocycles. The molecule has 0 unspecified atom stereocenters. The highest BCUT2D eigenvalue weighted by molar-refractivity contribution is 7.80. The Morgan fingerprint density at radius 2 is 1.83 bits per heavy atom. The molecule has 2 atom stereocenters. The molecular formula is C21H30N6O2S. The molecule has 0 amide bonds. The lowest BCUT2D eigenvalue weighted by Gasteiger charge is -2.36. The van der Waals surface area contributed by atoms with Gasteiger partial charge >= 0.3 is 0 Å². The molecule has 0 spiro atoms. The Morgan fingerprint density at radius 3 is 2.50 bits per heavy atom. The zero-order valence-electron chi connectivity index (χ0n) is 17.6. The zero-order valence-corrected chi connectivity index (χ0v) is 18.5. The van der Waals surface area contributed by atoms with Gasteiger partial charge < -0.3 is 29.6 Å². The van der Waals surface area contributed by atoms with E-state index in [2.05, 4.69) is 40.3 Å². The number of thiocarbonyl (C=S) groups is 1. The zero-order chi connectivity index (χ0) is 20.9. The van der Waals surface area contributed by atoms with Crippen LogP contribution in [0.3, 0.4) is 0 Å². The Hall–Kier alpha value is -2.39. The van der Waals surface area contributed by atoms with E-state index in [-0.39, 0.29) is 0 Å². The minimum Gasteiger partial charge on any atom is -0.467 e. The normalized spacial score (nSPS) is 22.1. The van der Waals surface area contributed by atoms with Crippen molar-refractivity contribution >= 4 is 34.9 Å². The van der Waals surface area contributed by atoms with Crippen molar-refractivity contribution in [1.29, 1.82) is 0 Å².